The first kappa shape index (κ1) is 20.0. The molecular formula is C20H23N3O4. The van der Waals surface area contributed by atoms with Gasteiger partial charge in [0.15, 0.2) is 0 Å². The molecule has 3 N–H and O–H groups in total. The standard InChI is InChI=1S/C20H23N3O4/c1-23(14-16-5-3-2-4-6-16)20(27)21-12-11-18(24)22-17-9-7-15(8-10-17)13-19(25)26/h2-10H,11-14H2,1H3,(H,21,27)(H,22,24)(H,25,26). The Morgan fingerprint density at radius 1 is 0.963 bits per heavy atom. The minimum absolute atomic E-state index is 0.0588. The number of hydrogen-bond acceptors (Lipinski definition) is 3. The number of hydrogen-bond donors (Lipinski definition) is 3. The molecule has 27 heavy (non-hydrogen) atoms. The molecule has 0 saturated heterocycles. The highest BCUT2D eigenvalue weighted by Gasteiger charge is 2.10. The molecule has 142 valence electrons. The number of benzene rings is 2. The quantitative estimate of drug-likeness (QED) is 0.666. The Morgan fingerprint density at radius 3 is 2.26 bits per heavy atom. The van der Waals surface area contributed by atoms with Crippen molar-refractivity contribution in [3.8, 4) is 0 Å². The molecule has 7 heteroatoms. The lowest BCUT2D eigenvalue weighted by Crippen LogP contribution is -2.38. The van der Waals surface area contributed by atoms with Crippen molar-refractivity contribution in [2.75, 3.05) is 18.9 Å². The molecule has 0 aliphatic heterocycles. The Labute approximate surface area is 158 Å². The molecule has 2 rings (SSSR count). The number of carboxylic acids is 1. The second kappa shape index (κ2) is 9.96. The Kier molecular flexibility index (Phi) is 7.37. The van der Waals surface area contributed by atoms with Crippen LogP contribution in [0.4, 0.5) is 10.5 Å². The van der Waals surface area contributed by atoms with Gasteiger partial charge in [0, 0.05) is 32.2 Å². The first-order valence-electron chi connectivity index (χ1n) is 8.57. The van der Waals surface area contributed by atoms with Crippen molar-refractivity contribution in [2.45, 2.75) is 19.4 Å². The highest BCUT2D eigenvalue weighted by molar-refractivity contribution is 5.91. The van der Waals surface area contributed by atoms with Gasteiger partial charge in [0.05, 0.1) is 6.42 Å². The van der Waals surface area contributed by atoms with Gasteiger partial charge in [-0.3, -0.25) is 9.59 Å². The van der Waals surface area contributed by atoms with Gasteiger partial charge in [-0.2, -0.15) is 0 Å². The van der Waals surface area contributed by atoms with Crippen LogP contribution >= 0.6 is 0 Å². The molecule has 0 aliphatic rings. The third-order valence-electron chi connectivity index (χ3n) is 3.83. The zero-order chi connectivity index (χ0) is 19.6. The summed E-state index contributed by atoms with van der Waals surface area (Å²) < 4.78 is 0. The van der Waals surface area contributed by atoms with Crippen LogP contribution in [0.5, 0.6) is 0 Å². The van der Waals surface area contributed by atoms with Crippen molar-refractivity contribution in [1.82, 2.24) is 10.2 Å². The predicted octanol–water partition coefficient (Wildman–Crippen LogP) is 2.48. The number of nitrogens with zero attached hydrogens (tertiary/aromatic N) is 1. The lowest BCUT2D eigenvalue weighted by Gasteiger charge is -2.18. The topological polar surface area (TPSA) is 98.7 Å². The summed E-state index contributed by atoms with van der Waals surface area (Å²) in [7, 11) is 1.70. The van der Waals surface area contributed by atoms with Crippen LogP contribution in [0.15, 0.2) is 54.6 Å². The fourth-order valence-corrected chi connectivity index (χ4v) is 2.45. The third kappa shape index (κ3) is 7.19. The number of rotatable bonds is 8. The van der Waals surface area contributed by atoms with Gasteiger partial charge in [-0.25, -0.2) is 4.79 Å². The summed E-state index contributed by atoms with van der Waals surface area (Å²) in [5, 5.41) is 14.2. The van der Waals surface area contributed by atoms with E-state index in [0.29, 0.717) is 17.8 Å². The van der Waals surface area contributed by atoms with Crippen LogP contribution in [0.3, 0.4) is 0 Å². The van der Waals surface area contributed by atoms with Crippen LogP contribution in [0.1, 0.15) is 17.5 Å². The summed E-state index contributed by atoms with van der Waals surface area (Å²) in [6.07, 6.45) is 0.0819. The lowest BCUT2D eigenvalue weighted by molar-refractivity contribution is -0.136. The number of carbonyl (C=O) groups is 3. The van der Waals surface area contributed by atoms with Gasteiger partial charge in [0.1, 0.15) is 0 Å². The summed E-state index contributed by atoms with van der Waals surface area (Å²) in [6, 6.07) is 16.0. The van der Waals surface area contributed by atoms with Crippen LogP contribution in [-0.2, 0) is 22.6 Å². The molecule has 0 atom stereocenters. The highest BCUT2D eigenvalue weighted by atomic mass is 16.4. The van der Waals surface area contributed by atoms with Gasteiger partial charge in [-0.05, 0) is 23.3 Å². The van der Waals surface area contributed by atoms with Gasteiger partial charge in [0.25, 0.3) is 0 Å². The Balaban J connectivity index is 1.70. The van der Waals surface area contributed by atoms with Crippen molar-refractivity contribution in [1.29, 1.82) is 0 Å². The molecule has 0 unspecified atom stereocenters. The minimum atomic E-state index is -0.903. The van der Waals surface area contributed by atoms with E-state index in [1.807, 2.05) is 30.3 Å². The maximum absolute atomic E-state index is 12.0. The summed E-state index contributed by atoms with van der Waals surface area (Å²) in [5.41, 5.74) is 2.27. The van der Waals surface area contributed by atoms with Gasteiger partial charge in [0.2, 0.25) is 5.91 Å². The zero-order valence-electron chi connectivity index (χ0n) is 15.1. The molecule has 0 aliphatic carbocycles. The maximum Gasteiger partial charge on any atom is 0.317 e. The van der Waals surface area contributed by atoms with Crippen LogP contribution in [0.25, 0.3) is 0 Å². The number of aliphatic carboxylic acids is 1. The average molecular weight is 369 g/mol. The predicted molar refractivity (Wildman–Crippen MR) is 102 cm³/mol. The fraction of sp³-hybridized carbons (Fsp3) is 0.250. The highest BCUT2D eigenvalue weighted by Crippen LogP contribution is 2.10. The van der Waals surface area contributed by atoms with E-state index in [-0.39, 0.29) is 31.3 Å². The number of nitrogens with one attached hydrogen (secondary N) is 2. The summed E-state index contributed by atoms with van der Waals surface area (Å²) >= 11 is 0. The fourth-order valence-electron chi connectivity index (χ4n) is 2.45. The smallest absolute Gasteiger partial charge is 0.317 e. The molecule has 0 saturated carbocycles. The lowest BCUT2D eigenvalue weighted by atomic mass is 10.1. The Bertz CT molecular complexity index is 776. The van der Waals surface area contributed by atoms with Gasteiger partial charge < -0.3 is 20.6 Å². The SMILES string of the molecule is CN(Cc1ccccc1)C(=O)NCCC(=O)Nc1ccc(CC(=O)O)cc1. The van der Waals surface area contributed by atoms with E-state index in [4.69, 9.17) is 5.11 Å². The molecule has 3 amide bonds. The van der Waals surface area contributed by atoms with Crippen molar-refractivity contribution < 1.29 is 19.5 Å². The first-order valence-corrected chi connectivity index (χ1v) is 8.57. The second-order valence-corrected chi connectivity index (χ2v) is 6.14. The summed E-state index contributed by atoms with van der Waals surface area (Å²) in [5.74, 6) is -1.13. The third-order valence-corrected chi connectivity index (χ3v) is 3.83. The van der Waals surface area contributed by atoms with E-state index >= 15 is 0 Å². The van der Waals surface area contributed by atoms with Crippen LogP contribution < -0.4 is 10.6 Å². The van der Waals surface area contributed by atoms with E-state index in [2.05, 4.69) is 10.6 Å². The van der Waals surface area contributed by atoms with Gasteiger partial charge in [-0.1, -0.05) is 42.5 Å². The van der Waals surface area contributed by atoms with Gasteiger partial charge in [-0.15, -0.1) is 0 Å². The largest absolute Gasteiger partial charge is 0.481 e. The van der Waals surface area contributed by atoms with Crippen LogP contribution in [0.2, 0.25) is 0 Å². The monoisotopic (exact) mass is 369 g/mol. The Morgan fingerprint density at radius 2 is 1.63 bits per heavy atom. The second-order valence-electron chi connectivity index (χ2n) is 6.14. The molecule has 2 aromatic rings. The number of anilines is 1. The number of urea groups is 1. The summed E-state index contributed by atoms with van der Waals surface area (Å²) in [4.78, 5) is 36.2. The van der Waals surface area contributed by atoms with Crippen molar-refractivity contribution in [3.05, 3.63) is 65.7 Å². The number of carbonyl (C=O) groups excluding carboxylic acids is 2. The molecule has 2 aromatic carbocycles. The van der Waals surface area contributed by atoms with Crippen LogP contribution in [-0.4, -0.2) is 41.5 Å². The first-order chi connectivity index (χ1) is 12.9. The number of amides is 3. The molecule has 0 aromatic heterocycles. The van der Waals surface area contributed by atoms with E-state index in [9.17, 15) is 14.4 Å². The Hall–Kier alpha value is -3.35. The average Bonchev–Trinajstić information content (AvgIpc) is 2.63. The molecular weight excluding hydrogens is 346 g/mol. The van der Waals surface area contributed by atoms with Gasteiger partial charge >= 0.3 is 12.0 Å². The summed E-state index contributed by atoms with van der Waals surface area (Å²) in [6.45, 7) is 0.711. The molecule has 0 bridgehead atoms. The number of carboxylic acid groups (broad SMARTS) is 1. The van der Waals surface area contributed by atoms with Crippen molar-refractivity contribution >= 4 is 23.6 Å². The molecule has 0 fully saturated rings. The van der Waals surface area contributed by atoms with E-state index in [0.717, 1.165) is 5.56 Å². The molecule has 0 radical (unpaired) electrons. The van der Waals surface area contributed by atoms with Crippen molar-refractivity contribution in [2.24, 2.45) is 0 Å². The van der Waals surface area contributed by atoms with Crippen LogP contribution in [0, 0.1) is 0 Å². The van der Waals surface area contributed by atoms with E-state index in [1.165, 1.54) is 0 Å². The minimum Gasteiger partial charge on any atom is -0.481 e. The molecule has 7 nitrogen and oxygen atoms in total. The normalized spacial score (nSPS) is 10.1. The van der Waals surface area contributed by atoms with E-state index in [1.54, 1.807) is 36.2 Å². The maximum atomic E-state index is 12.0. The van der Waals surface area contributed by atoms with Crippen molar-refractivity contribution in [3.63, 3.8) is 0 Å². The van der Waals surface area contributed by atoms with E-state index < -0.39 is 5.97 Å². The zero-order valence-corrected chi connectivity index (χ0v) is 15.1. The molecule has 0 spiro atoms. The molecule has 0 heterocycles.